The Balaban J connectivity index is 2.40. The van der Waals surface area contributed by atoms with E-state index < -0.39 is 11.5 Å². The number of ether oxygens (including phenoxy) is 1. The fourth-order valence-electron chi connectivity index (χ4n) is 1.62. The standard InChI is InChI=1S/C11H21N3O3/c1-11(2,8-17-10(12)16)9(15)13-14-6-4-3-5-7-14/h3-8H2,1-2H3,(H2,12,16)(H,13,15). The molecule has 0 saturated carbocycles. The number of carbonyl (C=O) groups excluding carboxylic acids is 2. The minimum atomic E-state index is -0.858. The summed E-state index contributed by atoms with van der Waals surface area (Å²) < 4.78 is 4.68. The molecule has 0 aromatic carbocycles. The highest BCUT2D eigenvalue weighted by molar-refractivity contribution is 5.81. The molecule has 0 spiro atoms. The van der Waals surface area contributed by atoms with Gasteiger partial charge in [-0.05, 0) is 26.7 Å². The molecule has 0 aromatic heterocycles. The SMILES string of the molecule is CC(C)(COC(N)=O)C(=O)NN1CCCCC1. The van der Waals surface area contributed by atoms with Crippen molar-refractivity contribution in [3.8, 4) is 0 Å². The lowest BCUT2D eigenvalue weighted by Crippen LogP contribution is -2.51. The maximum Gasteiger partial charge on any atom is 0.404 e. The van der Waals surface area contributed by atoms with E-state index in [9.17, 15) is 9.59 Å². The zero-order valence-electron chi connectivity index (χ0n) is 10.5. The van der Waals surface area contributed by atoms with Gasteiger partial charge in [0.25, 0.3) is 0 Å². The van der Waals surface area contributed by atoms with Gasteiger partial charge in [0.1, 0.15) is 6.61 Å². The summed E-state index contributed by atoms with van der Waals surface area (Å²) in [6, 6.07) is 0. The van der Waals surface area contributed by atoms with Crippen LogP contribution in [-0.4, -0.2) is 36.7 Å². The molecule has 3 N–H and O–H groups in total. The molecule has 0 radical (unpaired) electrons. The number of primary amides is 1. The Morgan fingerprint density at radius 3 is 2.41 bits per heavy atom. The Morgan fingerprint density at radius 1 is 1.29 bits per heavy atom. The van der Waals surface area contributed by atoms with Gasteiger partial charge in [0.2, 0.25) is 5.91 Å². The van der Waals surface area contributed by atoms with Crippen LogP contribution in [0, 0.1) is 5.41 Å². The first-order valence-corrected chi connectivity index (χ1v) is 5.90. The van der Waals surface area contributed by atoms with Crippen molar-refractivity contribution in [2.75, 3.05) is 19.7 Å². The van der Waals surface area contributed by atoms with Gasteiger partial charge in [-0.2, -0.15) is 0 Å². The van der Waals surface area contributed by atoms with Gasteiger partial charge in [-0.1, -0.05) is 6.42 Å². The van der Waals surface area contributed by atoms with Crippen LogP contribution >= 0.6 is 0 Å². The third-order valence-electron chi connectivity index (χ3n) is 2.81. The average Bonchev–Trinajstić information content (AvgIpc) is 2.28. The van der Waals surface area contributed by atoms with Gasteiger partial charge in [-0.25, -0.2) is 9.80 Å². The van der Waals surface area contributed by atoms with Crippen LogP contribution in [0.25, 0.3) is 0 Å². The molecule has 0 bridgehead atoms. The first-order valence-electron chi connectivity index (χ1n) is 5.90. The minimum absolute atomic E-state index is 0.0119. The molecular weight excluding hydrogens is 222 g/mol. The predicted molar refractivity (Wildman–Crippen MR) is 62.9 cm³/mol. The number of hydrogen-bond donors (Lipinski definition) is 2. The van der Waals surface area contributed by atoms with Gasteiger partial charge >= 0.3 is 6.09 Å². The van der Waals surface area contributed by atoms with E-state index in [1.165, 1.54) is 6.42 Å². The summed E-state index contributed by atoms with van der Waals surface area (Å²) in [5, 5.41) is 1.91. The highest BCUT2D eigenvalue weighted by Gasteiger charge is 2.30. The normalized spacial score (nSPS) is 17.5. The maximum absolute atomic E-state index is 12.0. The largest absolute Gasteiger partial charge is 0.449 e. The molecule has 1 aliphatic rings. The molecule has 1 rings (SSSR count). The van der Waals surface area contributed by atoms with E-state index in [1.54, 1.807) is 13.8 Å². The number of amides is 2. The van der Waals surface area contributed by atoms with Gasteiger partial charge in [0.05, 0.1) is 5.41 Å². The number of nitrogens with two attached hydrogens (primary N) is 1. The Kier molecular flexibility index (Phi) is 4.74. The summed E-state index contributed by atoms with van der Waals surface area (Å²) in [6.45, 7) is 5.17. The molecule has 0 aliphatic carbocycles. The monoisotopic (exact) mass is 243 g/mol. The number of nitrogens with one attached hydrogen (secondary N) is 1. The molecule has 1 saturated heterocycles. The van der Waals surface area contributed by atoms with Gasteiger partial charge in [0, 0.05) is 13.1 Å². The van der Waals surface area contributed by atoms with Crippen LogP contribution in [-0.2, 0) is 9.53 Å². The van der Waals surface area contributed by atoms with Gasteiger partial charge in [-0.15, -0.1) is 0 Å². The number of hydrazine groups is 1. The van der Waals surface area contributed by atoms with Crippen molar-refractivity contribution in [1.29, 1.82) is 0 Å². The number of piperidine rings is 1. The van der Waals surface area contributed by atoms with Gasteiger partial charge < -0.3 is 10.5 Å². The van der Waals surface area contributed by atoms with Crippen LogP contribution in [0.2, 0.25) is 0 Å². The molecule has 2 amide bonds. The number of carbonyl (C=O) groups is 2. The molecule has 1 heterocycles. The van der Waals surface area contributed by atoms with Crippen molar-refractivity contribution in [1.82, 2.24) is 10.4 Å². The summed E-state index contributed by atoms with van der Waals surface area (Å²) >= 11 is 0. The Hall–Kier alpha value is -1.30. The van der Waals surface area contributed by atoms with Crippen LogP contribution in [0.4, 0.5) is 4.79 Å². The van der Waals surface area contributed by atoms with Crippen molar-refractivity contribution in [3.63, 3.8) is 0 Å². The van der Waals surface area contributed by atoms with E-state index in [2.05, 4.69) is 10.2 Å². The molecule has 1 fully saturated rings. The Labute approximate surface area is 101 Å². The molecule has 0 unspecified atom stereocenters. The first-order chi connectivity index (χ1) is 7.92. The predicted octanol–water partition coefficient (Wildman–Crippen LogP) is 0.625. The molecular formula is C11H21N3O3. The molecule has 6 heteroatoms. The van der Waals surface area contributed by atoms with Crippen LogP contribution in [0.1, 0.15) is 33.1 Å². The summed E-state index contributed by atoms with van der Waals surface area (Å²) in [5.41, 5.74) is 6.95. The summed E-state index contributed by atoms with van der Waals surface area (Å²) in [5.74, 6) is -0.152. The smallest absolute Gasteiger partial charge is 0.404 e. The number of nitrogens with zero attached hydrogens (tertiary/aromatic N) is 1. The summed E-state index contributed by atoms with van der Waals surface area (Å²) in [4.78, 5) is 22.5. The van der Waals surface area contributed by atoms with E-state index in [1.807, 2.05) is 5.01 Å². The van der Waals surface area contributed by atoms with Crippen LogP contribution in [0.5, 0.6) is 0 Å². The van der Waals surface area contributed by atoms with Crippen molar-refractivity contribution in [2.45, 2.75) is 33.1 Å². The summed E-state index contributed by atoms with van der Waals surface area (Å²) in [6.07, 6.45) is 2.54. The second-order valence-corrected chi connectivity index (χ2v) is 4.98. The second-order valence-electron chi connectivity index (χ2n) is 4.98. The molecule has 98 valence electrons. The lowest BCUT2D eigenvalue weighted by molar-refractivity contribution is -0.136. The Morgan fingerprint density at radius 2 is 1.88 bits per heavy atom. The van der Waals surface area contributed by atoms with E-state index in [0.29, 0.717) is 0 Å². The van der Waals surface area contributed by atoms with Crippen molar-refractivity contribution >= 4 is 12.0 Å². The highest BCUT2D eigenvalue weighted by atomic mass is 16.5. The van der Waals surface area contributed by atoms with E-state index in [0.717, 1.165) is 25.9 Å². The maximum atomic E-state index is 12.0. The van der Waals surface area contributed by atoms with Crippen LogP contribution in [0.3, 0.4) is 0 Å². The molecule has 0 aromatic rings. The van der Waals surface area contributed by atoms with Crippen LogP contribution < -0.4 is 11.2 Å². The fraction of sp³-hybridized carbons (Fsp3) is 0.818. The number of hydrogen-bond acceptors (Lipinski definition) is 4. The van der Waals surface area contributed by atoms with Crippen LogP contribution in [0.15, 0.2) is 0 Å². The van der Waals surface area contributed by atoms with Crippen molar-refractivity contribution < 1.29 is 14.3 Å². The zero-order chi connectivity index (χ0) is 12.9. The lowest BCUT2D eigenvalue weighted by Gasteiger charge is -2.31. The lowest BCUT2D eigenvalue weighted by atomic mass is 9.94. The average molecular weight is 243 g/mol. The Bertz CT molecular complexity index is 286. The molecule has 6 nitrogen and oxygen atoms in total. The highest BCUT2D eigenvalue weighted by Crippen LogP contribution is 2.16. The van der Waals surface area contributed by atoms with Crippen molar-refractivity contribution in [2.24, 2.45) is 11.1 Å². The zero-order valence-corrected chi connectivity index (χ0v) is 10.5. The molecule has 17 heavy (non-hydrogen) atoms. The fourth-order valence-corrected chi connectivity index (χ4v) is 1.62. The number of rotatable bonds is 4. The third-order valence-corrected chi connectivity index (χ3v) is 2.81. The van der Waals surface area contributed by atoms with Gasteiger partial charge in [0.15, 0.2) is 0 Å². The topological polar surface area (TPSA) is 84.7 Å². The van der Waals surface area contributed by atoms with E-state index >= 15 is 0 Å². The molecule has 1 aliphatic heterocycles. The minimum Gasteiger partial charge on any atom is -0.449 e. The van der Waals surface area contributed by atoms with Crippen molar-refractivity contribution in [3.05, 3.63) is 0 Å². The second kappa shape index (κ2) is 5.86. The first kappa shape index (κ1) is 13.8. The van der Waals surface area contributed by atoms with Gasteiger partial charge in [-0.3, -0.25) is 10.2 Å². The van der Waals surface area contributed by atoms with E-state index in [-0.39, 0.29) is 12.5 Å². The quantitative estimate of drug-likeness (QED) is 0.758. The van der Waals surface area contributed by atoms with E-state index in [4.69, 9.17) is 5.73 Å². The third kappa shape index (κ3) is 4.60. The molecule has 0 atom stereocenters. The summed E-state index contributed by atoms with van der Waals surface area (Å²) in [7, 11) is 0.